The molecule has 1 N–H and O–H groups in total. The monoisotopic (exact) mass is 255 g/mol. The number of likely N-dealkylation sites (tertiary alicyclic amines) is 1. The van der Waals surface area contributed by atoms with Crippen molar-refractivity contribution in [1.82, 2.24) is 9.88 Å². The van der Waals surface area contributed by atoms with Crippen molar-refractivity contribution in [2.45, 2.75) is 32.4 Å². The van der Waals surface area contributed by atoms with Gasteiger partial charge in [-0.05, 0) is 26.3 Å². The van der Waals surface area contributed by atoms with E-state index in [9.17, 15) is 5.11 Å². The molecule has 0 aliphatic carbocycles. The van der Waals surface area contributed by atoms with E-state index in [0.717, 1.165) is 43.3 Å². The van der Waals surface area contributed by atoms with E-state index in [1.165, 1.54) is 4.88 Å². The Morgan fingerprint density at radius 2 is 2.29 bits per heavy atom. The van der Waals surface area contributed by atoms with Crippen LogP contribution >= 0.6 is 11.3 Å². The number of thiazole rings is 1. The molecule has 1 aromatic heterocycles. The first-order chi connectivity index (χ1) is 8.06. The smallest absolute Gasteiger partial charge is 0.185 e. The molecule has 0 amide bonds. The van der Waals surface area contributed by atoms with Gasteiger partial charge in [-0.15, -0.1) is 11.3 Å². The first-order valence-electron chi connectivity index (χ1n) is 6.10. The number of aliphatic hydroxyl groups excluding tert-OH is 1. The normalized spacial score (nSPS) is 21.8. The number of aliphatic hydroxyl groups is 1. The molecule has 1 atom stereocenters. The minimum atomic E-state index is -0.148. The maximum Gasteiger partial charge on any atom is 0.185 e. The average molecular weight is 255 g/mol. The fraction of sp³-hybridized carbons (Fsp3) is 0.750. The highest BCUT2D eigenvalue weighted by Crippen LogP contribution is 2.26. The van der Waals surface area contributed by atoms with Crippen LogP contribution in [0, 0.1) is 6.92 Å². The van der Waals surface area contributed by atoms with Crippen LogP contribution in [0.25, 0.3) is 0 Å². The molecule has 5 heteroatoms. The zero-order chi connectivity index (χ0) is 12.4. The van der Waals surface area contributed by atoms with Crippen LogP contribution in [0.5, 0.6) is 0 Å². The van der Waals surface area contributed by atoms with Crippen molar-refractivity contribution in [3.05, 3.63) is 10.6 Å². The van der Waals surface area contributed by atoms with Crippen molar-refractivity contribution in [1.29, 1.82) is 0 Å². The summed E-state index contributed by atoms with van der Waals surface area (Å²) in [5, 5.41) is 10.7. The second-order valence-electron chi connectivity index (χ2n) is 4.93. The molecule has 2 heterocycles. The Labute approximate surface area is 107 Å². The van der Waals surface area contributed by atoms with E-state index >= 15 is 0 Å². The second-order valence-corrected chi connectivity index (χ2v) is 5.99. The SMILES string of the molecule is Cc1nc(N(C)C)sc1CN1CCCC(O)C1. The number of aromatic nitrogens is 1. The molecule has 1 unspecified atom stereocenters. The number of hydrogen-bond donors (Lipinski definition) is 1. The number of nitrogens with zero attached hydrogens (tertiary/aromatic N) is 3. The number of hydrogen-bond acceptors (Lipinski definition) is 5. The molecule has 1 saturated heterocycles. The third kappa shape index (κ3) is 3.18. The van der Waals surface area contributed by atoms with E-state index in [1.54, 1.807) is 11.3 Å². The van der Waals surface area contributed by atoms with Crippen LogP contribution in [0.3, 0.4) is 0 Å². The quantitative estimate of drug-likeness (QED) is 0.888. The van der Waals surface area contributed by atoms with Crippen molar-refractivity contribution in [3.63, 3.8) is 0 Å². The summed E-state index contributed by atoms with van der Waals surface area (Å²) in [6, 6.07) is 0. The van der Waals surface area contributed by atoms with E-state index in [1.807, 2.05) is 19.0 Å². The minimum absolute atomic E-state index is 0.148. The Bertz CT molecular complexity index is 378. The largest absolute Gasteiger partial charge is 0.392 e. The van der Waals surface area contributed by atoms with Gasteiger partial charge in [0.25, 0.3) is 0 Å². The highest BCUT2D eigenvalue weighted by atomic mass is 32.1. The molecule has 0 bridgehead atoms. The molecule has 0 aromatic carbocycles. The molecular weight excluding hydrogens is 234 g/mol. The molecule has 2 rings (SSSR count). The summed E-state index contributed by atoms with van der Waals surface area (Å²) in [4.78, 5) is 10.2. The van der Waals surface area contributed by atoms with Gasteiger partial charge >= 0.3 is 0 Å². The molecule has 1 aliphatic heterocycles. The topological polar surface area (TPSA) is 39.6 Å². The van der Waals surface area contributed by atoms with Gasteiger partial charge in [0.15, 0.2) is 5.13 Å². The summed E-state index contributed by atoms with van der Waals surface area (Å²) in [5.41, 5.74) is 1.12. The fourth-order valence-corrected chi connectivity index (χ4v) is 3.15. The van der Waals surface area contributed by atoms with Crippen molar-refractivity contribution < 1.29 is 5.11 Å². The summed E-state index contributed by atoms with van der Waals surface area (Å²) < 4.78 is 0. The maximum atomic E-state index is 9.66. The van der Waals surface area contributed by atoms with Crippen LogP contribution in [-0.2, 0) is 6.54 Å². The van der Waals surface area contributed by atoms with Crippen molar-refractivity contribution in [2.75, 3.05) is 32.1 Å². The summed E-state index contributed by atoms with van der Waals surface area (Å²) in [7, 11) is 4.04. The molecule has 0 radical (unpaired) electrons. The number of rotatable bonds is 3. The first kappa shape index (κ1) is 12.8. The molecule has 96 valence electrons. The number of aryl methyl sites for hydroxylation is 1. The second kappa shape index (κ2) is 5.33. The van der Waals surface area contributed by atoms with Gasteiger partial charge in [-0.1, -0.05) is 0 Å². The van der Waals surface area contributed by atoms with Gasteiger partial charge in [0.1, 0.15) is 0 Å². The highest BCUT2D eigenvalue weighted by Gasteiger charge is 2.19. The number of anilines is 1. The lowest BCUT2D eigenvalue weighted by atomic mass is 10.1. The summed E-state index contributed by atoms with van der Waals surface area (Å²) in [6.07, 6.45) is 1.89. The van der Waals surface area contributed by atoms with Gasteiger partial charge in [-0.3, -0.25) is 4.90 Å². The highest BCUT2D eigenvalue weighted by molar-refractivity contribution is 7.15. The summed E-state index contributed by atoms with van der Waals surface area (Å²) in [5.74, 6) is 0. The standard InChI is InChI=1S/C12H21N3OS/c1-9-11(17-12(13-9)14(2)3)8-15-6-4-5-10(16)7-15/h10,16H,4-8H2,1-3H3. The molecular formula is C12H21N3OS. The predicted octanol–water partition coefficient (Wildman–Crippen LogP) is 1.47. The van der Waals surface area contributed by atoms with E-state index in [0.29, 0.717) is 0 Å². The maximum absolute atomic E-state index is 9.66. The Morgan fingerprint density at radius 3 is 2.88 bits per heavy atom. The summed E-state index contributed by atoms with van der Waals surface area (Å²) >= 11 is 1.75. The van der Waals surface area contributed by atoms with Crippen molar-refractivity contribution in [2.24, 2.45) is 0 Å². The molecule has 17 heavy (non-hydrogen) atoms. The number of piperidine rings is 1. The van der Waals surface area contributed by atoms with E-state index in [4.69, 9.17) is 0 Å². The third-order valence-electron chi connectivity index (χ3n) is 3.11. The van der Waals surface area contributed by atoms with Crippen molar-refractivity contribution in [3.8, 4) is 0 Å². The van der Waals surface area contributed by atoms with Crippen LogP contribution in [0.1, 0.15) is 23.4 Å². The van der Waals surface area contributed by atoms with Gasteiger partial charge in [-0.2, -0.15) is 0 Å². The average Bonchev–Trinajstić information content (AvgIpc) is 2.61. The van der Waals surface area contributed by atoms with Crippen LogP contribution in [-0.4, -0.2) is 48.3 Å². The molecule has 4 nitrogen and oxygen atoms in total. The molecule has 1 aliphatic rings. The van der Waals surface area contributed by atoms with Gasteiger partial charge in [-0.25, -0.2) is 4.98 Å². The van der Waals surface area contributed by atoms with E-state index in [2.05, 4.69) is 16.8 Å². The van der Waals surface area contributed by atoms with E-state index < -0.39 is 0 Å². The molecule has 0 spiro atoms. The molecule has 0 saturated carbocycles. The third-order valence-corrected chi connectivity index (χ3v) is 4.42. The van der Waals surface area contributed by atoms with Crippen LogP contribution in [0.4, 0.5) is 5.13 Å². The first-order valence-corrected chi connectivity index (χ1v) is 6.92. The van der Waals surface area contributed by atoms with Crippen molar-refractivity contribution >= 4 is 16.5 Å². The number of β-amino-alcohol motifs (C(OH)–C–C–N with tert-alkyl or cyclic N) is 1. The van der Waals surface area contributed by atoms with E-state index in [-0.39, 0.29) is 6.10 Å². The van der Waals surface area contributed by atoms with Gasteiger partial charge in [0, 0.05) is 32.1 Å². The minimum Gasteiger partial charge on any atom is -0.392 e. The zero-order valence-electron chi connectivity index (χ0n) is 10.8. The predicted molar refractivity (Wildman–Crippen MR) is 71.7 cm³/mol. The Hall–Kier alpha value is -0.650. The van der Waals surface area contributed by atoms with Gasteiger partial charge in [0.05, 0.1) is 11.8 Å². The zero-order valence-corrected chi connectivity index (χ0v) is 11.6. The Balaban J connectivity index is 2.02. The fourth-order valence-electron chi connectivity index (χ4n) is 2.13. The van der Waals surface area contributed by atoms with Crippen LogP contribution < -0.4 is 4.90 Å². The molecule has 1 fully saturated rings. The molecule has 1 aromatic rings. The van der Waals surface area contributed by atoms with Gasteiger partial charge < -0.3 is 10.0 Å². The summed E-state index contributed by atoms with van der Waals surface area (Å²) in [6.45, 7) is 4.88. The van der Waals surface area contributed by atoms with Gasteiger partial charge in [0.2, 0.25) is 0 Å². The Kier molecular flexibility index (Phi) is 4.01. The van der Waals surface area contributed by atoms with Crippen LogP contribution in [0.2, 0.25) is 0 Å². The lowest BCUT2D eigenvalue weighted by molar-refractivity contribution is 0.0672. The van der Waals surface area contributed by atoms with Crippen LogP contribution in [0.15, 0.2) is 0 Å². The Morgan fingerprint density at radius 1 is 1.53 bits per heavy atom. The lowest BCUT2D eigenvalue weighted by Crippen LogP contribution is -2.37. The lowest BCUT2D eigenvalue weighted by Gasteiger charge is -2.29.